The highest BCUT2D eigenvalue weighted by molar-refractivity contribution is 5.89. The van der Waals surface area contributed by atoms with Crippen molar-refractivity contribution in [2.75, 3.05) is 6.61 Å². The fourth-order valence-electron chi connectivity index (χ4n) is 2.73. The summed E-state index contributed by atoms with van der Waals surface area (Å²) in [6, 6.07) is 9.52. The van der Waals surface area contributed by atoms with Gasteiger partial charge in [-0.15, -0.1) is 0 Å². The van der Waals surface area contributed by atoms with Crippen molar-refractivity contribution in [3.63, 3.8) is 0 Å². The number of hydrogen-bond acceptors (Lipinski definition) is 4. The molecule has 0 amide bonds. The van der Waals surface area contributed by atoms with E-state index in [1.807, 2.05) is 30.3 Å². The van der Waals surface area contributed by atoms with Crippen LogP contribution in [0.5, 0.6) is 0 Å². The number of ether oxygens (including phenoxy) is 1. The lowest BCUT2D eigenvalue weighted by atomic mass is 10.1. The average Bonchev–Trinajstić information content (AvgIpc) is 3.15. The van der Waals surface area contributed by atoms with Crippen LogP contribution in [0, 0.1) is 11.3 Å². The highest BCUT2D eigenvalue weighted by Gasteiger charge is 2.25. The number of ketones is 1. The van der Waals surface area contributed by atoms with Crippen LogP contribution in [0.15, 0.2) is 24.3 Å². The number of para-hydroxylation sites is 2. The van der Waals surface area contributed by atoms with E-state index in [2.05, 4.69) is 9.97 Å². The molecule has 1 aromatic heterocycles. The Labute approximate surface area is 122 Å². The van der Waals surface area contributed by atoms with Crippen molar-refractivity contribution in [1.29, 1.82) is 5.26 Å². The van der Waals surface area contributed by atoms with Crippen molar-refractivity contribution in [3.8, 4) is 6.07 Å². The second-order valence-corrected chi connectivity index (χ2v) is 5.39. The first kappa shape index (κ1) is 13.8. The highest BCUT2D eigenvalue weighted by atomic mass is 16.5. The van der Waals surface area contributed by atoms with Crippen LogP contribution in [-0.4, -0.2) is 28.5 Å². The third-order valence-electron chi connectivity index (χ3n) is 3.90. The number of rotatable bonds is 5. The standard InChI is InChI=1S/C16H17N3O2/c17-9-12(15(20)10-21-11-5-1-2-6-11)16-18-13-7-3-4-8-14(13)19-16/h3-4,7-8,11-12H,1-2,5-6,10H2,(H,18,19)/t12-/m1/s1. The van der Waals surface area contributed by atoms with Crippen LogP contribution in [0.2, 0.25) is 0 Å². The smallest absolute Gasteiger partial charge is 0.183 e. The van der Waals surface area contributed by atoms with E-state index < -0.39 is 5.92 Å². The summed E-state index contributed by atoms with van der Waals surface area (Å²) >= 11 is 0. The number of imidazole rings is 1. The van der Waals surface area contributed by atoms with E-state index in [-0.39, 0.29) is 18.5 Å². The molecule has 0 spiro atoms. The van der Waals surface area contributed by atoms with Gasteiger partial charge in [-0.2, -0.15) is 5.26 Å². The van der Waals surface area contributed by atoms with E-state index >= 15 is 0 Å². The summed E-state index contributed by atoms with van der Waals surface area (Å²) in [6.45, 7) is -0.0139. The molecule has 0 saturated heterocycles. The number of carbonyl (C=O) groups excluding carboxylic acids is 1. The topological polar surface area (TPSA) is 78.8 Å². The summed E-state index contributed by atoms with van der Waals surface area (Å²) in [6.07, 6.45) is 4.50. The number of fused-ring (bicyclic) bond motifs is 1. The molecule has 0 bridgehead atoms. The molecule has 1 aromatic carbocycles. The molecule has 0 aliphatic heterocycles. The first-order valence-electron chi connectivity index (χ1n) is 7.26. The molecule has 21 heavy (non-hydrogen) atoms. The fourth-order valence-corrected chi connectivity index (χ4v) is 2.73. The molecule has 1 N–H and O–H groups in total. The van der Waals surface area contributed by atoms with Crippen molar-refractivity contribution in [1.82, 2.24) is 9.97 Å². The normalized spacial score (nSPS) is 16.9. The number of aromatic nitrogens is 2. The van der Waals surface area contributed by atoms with Crippen LogP contribution in [0.1, 0.15) is 37.4 Å². The molecule has 1 heterocycles. The SMILES string of the molecule is N#C[C@H](C(=O)COC1CCCC1)c1nc2ccccc2[nH]1. The van der Waals surface area contributed by atoms with Crippen LogP contribution in [0.4, 0.5) is 0 Å². The predicted octanol–water partition coefficient (Wildman–Crippen LogP) is 2.70. The van der Waals surface area contributed by atoms with Crippen molar-refractivity contribution in [2.45, 2.75) is 37.7 Å². The van der Waals surface area contributed by atoms with Crippen molar-refractivity contribution < 1.29 is 9.53 Å². The number of nitrogens with one attached hydrogen (secondary N) is 1. The predicted molar refractivity (Wildman–Crippen MR) is 77.7 cm³/mol. The van der Waals surface area contributed by atoms with Crippen LogP contribution in [-0.2, 0) is 9.53 Å². The van der Waals surface area contributed by atoms with Gasteiger partial charge < -0.3 is 9.72 Å². The molecule has 1 atom stereocenters. The zero-order valence-electron chi connectivity index (χ0n) is 11.7. The van der Waals surface area contributed by atoms with Crippen LogP contribution < -0.4 is 0 Å². The number of aromatic amines is 1. The lowest BCUT2D eigenvalue weighted by molar-refractivity contribution is -0.125. The maximum atomic E-state index is 12.2. The summed E-state index contributed by atoms with van der Waals surface area (Å²) in [4.78, 5) is 19.6. The summed E-state index contributed by atoms with van der Waals surface area (Å²) < 4.78 is 5.60. The minimum Gasteiger partial charge on any atom is -0.370 e. The van der Waals surface area contributed by atoms with Gasteiger partial charge in [-0.25, -0.2) is 4.98 Å². The largest absolute Gasteiger partial charge is 0.370 e. The fraction of sp³-hybridized carbons (Fsp3) is 0.438. The monoisotopic (exact) mass is 283 g/mol. The third kappa shape index (κ3) is 2.96. The zero-order chi connectivity index (χ0) is 14.7. The summed E-state index contributed by atoms with van der Waals surface area (Å²) in [5.41, 5.74) is 1.59. The first-order valence-corrected chi connectivity index (χ1v) is 7.26. The Hall–Kier alpha value is -2.19. The van der Waals surface area contributed by atoms with Gasteiger partial charge in [-0.05, 0) is 25.0 Å². The van der Waals surface area contributed by atoms with Gasteiger partial charge in [0, 0.05) is 0 Å². The second-order valence-electron chi connectivity index (χ2n) is 5.39. The quantitative estimate of drug-likeness (QED) is 0.915. The van der Waals surface area contributed by atoms with Gasteiger partial charge in [-0.1, -0.05) is 25.0 Å². The molecule has 1 aliphatic rings. The lowest BCUT2D eigenvalue weighted by Crippen LogP contribution is -2.21. The first-order chi connectivity index (χ1) is 10.3. The molecular weight excluding hydrogens is 266 g/mol. The summed E-state index contributed by atoms with van der Waals surface area (Å²) in [5.74, 6) is -0.721. The van der Waals surface area contributed by atoms with Crippen molar-refractivity contribution in [3.05, 3.63) is 30.1 Å². The van der Waals surface area contributed by atoms with Gasteiger partial charge >= 0.3 is 0 Å². The molecular formula is C16H17N3O2. The Morgan fingerprint density at radius 1 is 1.43 bits per heavy atom. The van der Waals surface area contributed by atoms with Crippen LogP contribution in [0.25, 0.3) is 11.0 Å². The van der Waals surface area contributed by atoms with Gasteiger partial charge in [0.2, 0.25) is 0 Å². The van der Waals surface area contributed by atoms with Crippen molar-refractivity contribution in [2.24, 2.45) is 0 Å². The molecule has 5 heteroatoms. The van der Waals surface area contributed by atoms with Gasteiger partial charge in [0.1, 0.15) is 12.4 Å². The van der Waals surface area contributed by atoms with Gasteiger partial charge in [0.05, 0.1) is 23.2 Å². The molecule has 1 aliphatic carbocycles. The molecule has 0 radical (unpaired) electrons. The maximum Gasteiger partial charge on any atom is 0.183 e. The summed E-state index contributed by atoms with van der Waals surface area (Å²) in [5, 5.41) is 9.28. The van der Waals surface area contributed by atoms with E-state index in [0.29, 0.717) is 5.82 Å². The Kier molecular flexibility index (Phi) is 3.98. The highest BCUT2D eigenvalue weighted by Crippen LogP contribution is 2.22. The molecule has 0 unspecified atom stereocenters. The number of nitriles is 1. The second kappa shape index (κ2) is 6.06. The Balaban J connectivity index is 1.71. The van der Waals surface area contributed by atoms with Gasteiger partial charge in [-0.3, -0.25) is 4.79 Å². The van der Waals surface area contributed by atoms with Crippen LogP contribution >= 0.6 is 0 Å². The lowest BCUT2D eigenvalue weighted by Gasteiger charge is -2.11. The number of benzene rings is 1. The van der Waals surface area contributed by atoms with Crippen molar-refractivity contribution >= 4 is 16.8 Å². The number of Topliss-reactive ketones (excluding diaryl/α,β-unsaturated/α-hetero) is 1. The number of nitrogens with zero attached hydrogens (tertiary/aromatic N) is 2. The Bertz CT molecular complexity index is 647. The molecule has 2 aromatic rings. The van der Waals surface area contributed by atoms with E-state index in [1.54, 1.807) is 0 Å². The molecule has 108 valence electrons. The number of hydrogen-bond donors (Lipinski definition) is 1. The van der Waals surface area contributed by atoms with Gasteiger partial charge in [0.25, 0.3) is 0 Å². The minimum atomic E-state index is -0.890. The molecule has 5 nitrogen and oxygen atoms in total. The molecule has 3 rings (SSSR count). The van der Waals surface area contributed by atoms with Crippen LogP contribution in [0.3, 0.4) is 0 Å². The van der Waals surface area contributed by atoms with Gasteiger partial charge in [0.15, 0.2) is 11.7 Å². The average molecular weight is 283 g/mol. The zero-order valence-corrected chi connectivity index (χ0v) is 11.7. The minimum absolute atomic E-state index is 0.0139. The van der Waals surface area contributed by atoms with E-state index in [1.165, 1.54) is 0 Å². The third-order valence-corrected chi connectivity index (χ3v) is 3.90. The molecule has 1 fully saturated rings. The maximum absolute atomic E-state index is 12.2. The van der Waals surface area contributed by atoms with E-state index in [9.17, 15) is 10.1 Å². The molecule has 1 saturated carbocycles. The van der Waals surface area contributed by atoms with E-state index in [4.69, 9.17) is 4.74 Å². The van der Waals surface area contributed by atoms with E-state index in [0.717, 1.165) is 36.7 Å². The number of carbonyl (C=O) groups is 1. The summed E-state index contributed by atoms with van der Waals surface area (Å²) in [7, 11) is 0. The number of H-pyrrole nitrogens is 1. The Morgan fingerprint density at radius 2 is 2.19 bits per heavy atom. The Morgan fingerprint density at radius 3 is 2.90 bits per heavy atom.